The van der Waals surface area contributed by atoms with Gasteiger partial charge in [0.15, 0.2) is 0 Å². The molecular formula is C29H32F3N5O2. The van der Waals surface area contributed by atoms with Crippen LogP contribution in [0.25, 0.3) is 0 Å². The summed E-state index contributed by atoms with van der Waals surface area (Å²) >= 11 is 0. The number of ether oxygens (including phenoxy) is 1. The van der Waals surface area contributed by atoms with Crippen LogP contribution in [0, 0.1) is 29.6 Å². The van der Waals surface area contributed by atoms with E-state index < -0.39 is 17.3 Å². The van der Waals surface area contributed by atoms with Gasteiger partial charge in [0.1, 0.15) is 6.61 Å². The second-order valence-electron chi connectivity index (χ2n) is 10.1. The van der Waals surface area contributed by atoms with Crippen LogP contribution in [0.2, 0.25) is 0 Å². The molecule has 2 aromatic carbocycles. The molecule has 7 nitrogen and oxygen atoms in total. The highest BCUT2D eigenvalue weighted by Crippen LogP contribution is 2.34. The first-order chi connectivity index (χ1) is 18.7. The molecule has 1 saturated carbocycles. The molecule has 1 saturated heterocycles. The van der Waals surface area contributed by atoms with E-state index in [1.165, 1.54) is 12.1 Å². The lowest BCUT2D eigenvalue weighted by Gasteiger charge is -2.30. The van der Waals surface area contributed by atoms with Gasteiger partial charge in [-0.2, -0.15) is 23.7 Å². The Bertz CT molecular complexity index is 1260. The predicted molar refractivity (Wildman–Crippen MR) is 141 cm³/mol. The zero-order chi connectivity index (χ0) is 28.0. The summed E-state index contributed by atoms with van der Waals surface area (Å²) in [7, 11) is 0. The third-order valence-corrected chi connectivity index (χ3v) is 7.48. The largest absolute Gasteiger partial charge is 0.417 e. The summed E-state index contributed by atoms with van der Waals surface area (Å²) in [5.41, 5.74) is 1.67. The van der Waals surface area contributed by atoms with E-state index in [-0.39, 0.29) is 24.7 Å². The van der Waals surface area contributed by atoms with Gasteiger partial charge in [-0.15, -0.1) is 0 Å². The fraction of sp³-hybridized carbons (Fsp3) is 0.483. The van der Waals surface area contributed by atoms with Crippen LogP contribution in [-0.4, -0.2) is 55.7 Å². The molecule has 0 atom stereocenters. The molecule has 1 amide bonds. The Labute approximate surface area is 226 Å². The van der Waals surface area contributed by atoms with Gasteiger partial charge in [0.25, 0.3) is 0 Å². The molecule has 1 heterocycles. The maximum Gasteiger partial charge on any atom is 0.417 e. The van der Waals surface area contributed by atoms with E-state index in [0.29, 0.717) is 56.6 Å². The Kier molecular flexibility index (Phi) is 8.98. The van der Waals surface area contributed by atoms with Crippen LogP contribution in [-0.2, 0) is 15.7 Å². The topological polar surface area (TPSA) is 92.4 Å². The Morgan fingerprint density at radius 2 is 1.72 bits per heavy atom. The molecular weight excluding hydrogens is 507 g/mol. The number of alkyl halides is 3. The molecule has 1 N–H and O–H groups in total. The molecule has 1 aliphatic heterocycles. The molecule has 39 heavy (non-hydrogen) atoms. The van der Waals surface area contributed by atoms with Gasteiger partial charge >= 0.3 is 6.18 Å². The Morgan fingerprint density at radius 3 is 2.38 bits per heavy atom. The van der Waals surface area contributed by atoms with E-state index in [0.717, 1.165) is 30.3 Å². The summed E-state index contributed by atoms with van der Waals surface area (Å²) in [4.78, 5) is 16.9. The molecule has 2 fully saturated rings. The van der Waals surface area contributed by atoms with Crippen molar-refractivity contribution in [2.45, 2.75) is 57.3 Å². The van der Waals surface area contributed by atoms with Crippen molar-refractivity contribution in [1.82, 2.24) is 4.90 Å². The molecule has 0 unspecified atom stereocenters. The summed E-state index contributed by atoms with van der Waals surface area (Å²) in [6.45, 7) is 4.74. The number of nitriles is 2. The number of halogens is 3. The van der Waals surface area contributed by atoms with Crippen LogP contribution in [0.4, 0.5) is 24.5 Å². The maximum atomic E-state index is 13.3. The first kappa shape index (κ1) is 28.3. The minimum atomic E-state index is -4.59. The van der Waals surface area contributed by atoms with Crippen LogP contribution < -0.4 is 10.2 Å². The van der Waals surface area contributed by atoms with Crippen LogP contribution in [0.3, 0.4) is 0 Å². The number of hydrogen-bond donors (Lipinski definition) is 1. The van der Waals surface area contributed by atoms with Crippen LogP contribution in [0.5, 0.6) is 0 Å². The highest BCUT2D eigenvalue weighted by Gasteiger charge is 2.34. The lowest BCUT2D eigenvalue weighted by atomic mass is 9.92. The quantitative estimate of drug-likeness (QED) is 0.540. The van der Waals surface area contributed by atoms with Gasteiger partial charge in [0, 0.05) is 43.6 Å². The smallest absolute Gasteiger partial charge is 0.382 e. The number of rotatable bonds is 6. The lowest BCUT2D eigenvalue weighted by molar-refractivity contribution is -0.139. The summed E-state index contributed by atoms with van der Waals surface area (Å²) < 4.78 is 45.7. The van der Waals surface area contributed by atoms with Gasteiger partial charge in [0.05, 0.1) is 34.9 Å². The van der Waals surface area contributed by atoms with Gasteiger partial charge in [-0.25, -0.2) is 0 Å². The lowest BCUT2D eigenvalue weighted by Crippen LogP contribution is -2.39. The molecule has 10 heteroatoms. The fourth-order valence-electron chi connectivity index (χ4n) is 5.25. The van der Waals surface area contributed by atoms with Crippen molar-refractivity contribution in [3.8, 4) is 12.1 Å². The zero-order valence-electron chi connectivity index (χ0n) is 21.9. The van der Waals surface area contributed by atoms with Crippen molar-refractivity contribution in [2.24, 2.45) is 0 Å². The van der Waals surface area contributed by atoms with E-state index in [2.05, 4.69) is 16.3 Å². The van der Waals surface area contributed by atoms with Crippen LogP contribution in [0.1, 0.15) is 54.4 Å². The Morgan fingerprint density at radius 1 is 1.00 bits per heavy atom. The number of carbonyl (C=O) groups is 1. The van der Waals surface area contributed by atoms with E-state index in [1.807, 2.05) is 30.0 Å². The molecule has 2 aromatic rings. The van der Waals surface area contributed by atoms with Crippen molar-refractivity contribution in [3.05, 3.63) is 58.7 Å². The molecule has 0 bridgehead atoms. The maximum absolute atomic E-state index is 13.3. The molecule has 0 aromatic heterocycles. The first-order valence-electron chi connectivity index (χ1n) is 13.2. The molecule has 0 radical (unpaired) electrons. The van der Waals surface area contributed by atoms with E-state index >= 15 is 0 Å². The van der Waals surface area contributed by atoms with Gasteiger partial charge in [0.2, 0.25) is 5.91 Å². The summed E-state index contributed by atoms with van der Waals surface area (Å²) in [6.07, 6.45) is -0.976. The molecule has 2 aliphatic rings. The monoisotopic (exact) mass is 539 g/mol. The SMILES string of the molecule is Cc1cc(N2CCCN(C(=O)COC3CCC(Nc4ccc(C#N)c(C(F)(F)F)c4)CC3)CC2)ccc1C#N. The van der Waals surface area contributed by atoms with Crippen molar-refractivity contribution >= 4 is 17.3 Å². The number of benzene rings is 2. The summed E-state index contributed by atoms with van der Waals surface area (Å²) in [6, 6.07) is 13.3. The minimum absolute atomic E-state index is 0.00276. The van der Waals surface area contributed by atoms with Gasteiger partial charge in [-0.3, -0.25) is 4.79 Å². The average Bonchev–Trinajstić information content (AvgIpc) is 3.18. The van der Waals surface area contributed by atoms with Crippen LogP contribution >= 0.6 is 0 Å². The number of nitrogens with zero attached hydrogens (tertiary/aromatic N) is 4. The second-order valence-corrected chi connectivity index (χ2v) is 10.1. The van der Waals surface area contributed by atoms with Gasteiger partial charge in [-0.05, 0) is 81.0 Å². The third-order valence-electron chi connectivity index (χ3n) is 7.48. The van der Waals surface area contributed by atoms with E-state index in [4.69, 9.17) is 15.3 Å². The normalized spacial score (nSPS) is 20.1. The molecule has 1 aliphatic carbocycles. The summed E-state index contributed by atoms with van der Waals surface area (Å²) in [5.74, 6) is -0.0367. The molecule has 0 spiro atoms. The third kappa shape index (κ3) is 7.21. The van der Waals surface area contributed by atoms with Crippen molar-refractivity contribution in [2.75, 3.05) is 43.0 Å². The van der Waals surface area contributed by atoms with Gasteiger partial charge < -0.3 is 19.9 Å². The fourth-order valence-corrected chi connectivity index (χ4v) is 5.25. The Balaban J connectivity index is 1.22. The minimum Gasteiger partial charge on any atom is -0.382 e. The number of amides is 1. The number of carbonyl (C=O) groups excluding carboxylic acids is 1. The van der Waals surface area contributed by atoms with Gasteiger partial charge in [-0.1, -0.05) is 0 Å². The number of nitrogens with one attached hydrogen (secondary N) is 1. The standard InChI is InChI=1S/C29H32F3N5O2/c1-20-15-25(8-4-21(20)17-33)36-11-2-12-37(14-13-36)28(38)19-39-26-9-6-23(7-10-26)35-24-5-3-22(18-34)27(16-24)29(30,31)32/h3-5,8,15-16,23,26,35H,2,6-7,9-14,19H2,1H3. The number of hydrogen-bond acceptors (Lipinski definition) is 6. The Hall–Kier alpha value is -3.76. The number of aryl methyl sites for hydroxylation is 1. The highest BCUT2D eigenvalue weighted by atomic mass is 19.4. The highest BCUT2D eigenvalue weighted by molar-refractivity contribution is 5.77. The first-order valence-corrected chi connectivity index (χ1v) is 13.2. The molecule has 4 rings (SSSR count). The van der Waals surface area contributed by atoms with E-state index in [9.17, 15) is 18.0 Å². The van der Waals surface area contributed by atoms with Crippen LogP contribution in [0.15, 0.2) is 36.4 Å². The molecule has 206 valence electrons. The number of anilines is 2. The summed E-state index contributed by atoms with van der Waals surface area (Å²) in [5, 5.41) is 21.3. The van der Waals surface area contributed by atoms with Crippen molar-refractivity contribution in [1.29, 1.82) is 10.5 Å². The van der Waals surface area contributed by atoms with E-state index in [1.54, 1.807) is 6.07 Å². The van der Waals surface area contributed by atoms with Crippen molar-refractivity contribution in [3.63, 3.8) is 0 Å². The zero-order valence-corrected chi connectivity index (χ0v) is 21.9. The second kappa shape index (κ2) is 12.4. The average molecular weight is 540 g/mol. The van der Waals surface area contributed by atoms with Crippen molar-refractivity contribution < 1.29 is 22.7 Å². The predicted octanol–water partition coefficient (Wildman–Crippen LogP) is 5.24.